The van der Waals surface area contributed by atoms with E-state index in [0.29, 0.717) is 20.2 Å². The van der Waals surface area contributed by atoms with E-state index in [2.05, 4.69) is 15.5 Å². The standard InChI is InChI=1S/C13H7Cl2N3O2S/c14-8-4-3-7(6-9(8)15)12-17-18-13(21-12)16-11(19)10-2-1-5-20-10/h1-6H,(H,16,18,19). The summed E-state index contributed by atoms with van der Waals surface area (Å²) in [4.78, 5) is 11.8. The van der Waals surface area contributed by atoms with Crippen LogP contribution in [0, 0.1) is 0 Å². The monoisotopic (exact) mass is 339 g/mol. The molecule has 0 aliphatic heterocycles. The first-order chi connectivity index (χ1) is 10.1. The topological polar surface area (TPSA) is 68.0 Å². The maximum atomic E-state index is 11.8. The lowest BCUT2D eigenvalue weighted by molar-refractivity contribution is 0.0996. The molecule has 0 aliphatic carbocycles. The summed E-state index contributed by atoms with van der Waals surface area (Å²) in [6, 6.07) is 8.36. The molecule has 0 spiro atoms. The zero-order chi connectivity index (χ0) is 14.8. The fourth-order valence-electron chi connectivity index (χ4n) is 1.59. The molecule has 1 N–H and O–H groups in total. The van der Waals surface area contributed by atoms with Crippen LogP contribution >= 0.6 is 34.5 Å². The summed E-state index contributed by atoms with van der Waals surface area (Å²) in [5, 5.41) is 12.4. The number of furan rings is 1. The number of hydrogen-bond donors (Lipinski definition) is 1. The number of benzene rings is 1. The van der Waals surface area contributed by atoms with Gasteiger partial charge >= 0.3 is 0 Å². The van der Waals surface area contributed by atoms with Crippen LogP contribution in [0.1, 0.15) is 10.6 Å². The Labute approximate surface area is 133 Å². The summed E-state index contributed by atoms with van der Waals surface area (Å²) in [5.74, 6) is -0.168. The van der Waals surface area contributed by atoms with Gasteiger partial charge in [-0.05, 0) is 24.3 Å². The summed E-state index contributed by atoms with van der Waals surface area (Å²) in [6.07, 6.45) is 1.43. The second kappa shape index (κ2) is 5.85. The average Bonchev–Trinajstić information content (AvgIpc) is 3.12. The van der Waals surface area contributed by atoms with Gasteiger partial charge in [-0.2, -0.15) is 0 Å². The molecule has 0 atom stereocenters. The van der Waals surface area contributed by atoms with Gasteiger partial charge in [0.05, 0.1) is 16.3 Å². The number of carbonyl (C=O) groups is 1. The van der Waals surface area contributed by atoms with Gasteiger partial charge in [0, 0.05) is 5.56 Å². The Bertz CT molecular complexity index is 787. The molecule has 0 saturated heterocycles. The van der Waals surface area contributed by atoms with Gasteiger partial charge in [0.2, 0.25) is 5.13 Å². The van der Waals surface area contributed by atoms with E-state index < -0.39 is 0 Å². The maximum Gasteiger partial charge on any atom is 0.293 e. The van der Waals surface area contributed by atoms with Crippen molar-refractivity contribution in [3.63, 3.8) is 0 Å². The molecule has 2 heterocycles. The van der Waals surface area contributed by atoms with E-state index in [4.69, 9.17) is 27.6 Å². The smallest absolute Gasteiger partial charge is 0.293 e. The molecule has 0 unspecified atom stereocenters. The van der Waals surface area contributed by atoms with E-state index in [0.717, 1.165) is 5.56 Å². The molecule has 0 radical (unpaired) electrons. The van der Waals surface area contributed by atoms with E-state index in [1.165, 1.54) is 17.6 Å². The maximum absolute atomic E-state index is 11.8. The van der Waals surface area contributed by atoms with Crippen LogP contribution in [0.5, 0.6) is 0 Å². The van der Waals surface area contributed by atoms with Gasteiger partial charge in [0.15, 0.2) is 5.76 Å². The van der Waals surface area contributed by atoms with Gasteiger partial charge < -0.3 is 4.42 Å². The van der Waals surface area contributed by atoms with E-state index >= 15 is 0 Å². The normalized spacial score (nSPS) is 10.6. The average molecular weight is 340 g/mol. The van der Waals surface area contributed by atoms with Crippen molar-refractivity contribution in [2.24, 2.45) is 0 Å². The third-order valence-corrected chi connectivity index (χ3v) is 4.18. The van der Waals surface area contributed by atoms with Gasteiger partial charge in [-0.3, -0.25) is 10.1 Å². The van der Waals surface area contributed by atoms with Crippen LogP contribution < -0.4 is 5.32 Å². The molecule has 0 bridgehead atoms. The van der Waals surface area contributed by atoms with Crippen LogP contribution in [-0.4, -0.2) is 16.1 Å². The second-order valence-corrected chi connectivity index (χ2v) is 5.76. The molecule has 2 aromatic heterocycles. The molecule has 3 aromatic rings. The number of carbonyl (C=O) groups excluding carboxylic acids is 1. The number of aromatic nitrogens is 2. The molecule has 3 rings (SSSR count). The number of nitrogens with zero attached hydrogens (tertiary/aromatic N) is 2. The minimum absolute atomic E-state index is 0.210. The number of nitrogens with one attached hydrogen (secondary N) is 1. The first-order valence-corrected chi connectivity index (χ1v) is 7.34. The van der Waals surface area contributed by atoms with Crippen molar-refractivity contribution < 1.29 is 9.21 Å². The van der Waals surface area contributed by atoms with Crippen LogP contribution in [0.2, 0.25) is 10.0 Å². The lowest BCUT2D eigenvalue weighted by Crippen LogP contribution is -2.10. The SMILES string of the molecule is O=C(Nc1nnc(-c2ccc(Cl)c(Cl)c2)s1)c1ccco1. The van der Waals surface area contributed by atoms with Crippen molar-refractivity contribution in [1.82, 2.24) is 10.2 Å². The second-order valence-electron chi connectivity index (χ2n) is 3.97. The first-order valence-electron chi connectivity index (χ1n) is 5.77. The number of amides is 1. The van der Waals surface area contributed by atoms with Crippen LogP contribution in [0.15, 0.2) is 41.0 Å². The van der Waals surface area contributed by atoms with Gasteiger partial charge in [-0.1, -0.05) is 40.6 Å². The Morgan fingerprint density at radius 3 is 2.76 bits per heavy atom. The third kappa shape index (κ3) is 3.07. The molecular formula is C13H7Cl2N3O2S. The molecule has 0 aliphatic rings. The third-order valence-electron chi connectivity index (χ3n) is 2.56. The fourth-order valence-corrected chi connectivity index (χ4v) is 2.62. The summed E-state index contributed by atoms with van der Waals surface area (Å²) in [5.41, 5.74) is 0.778. The van der Waals surface area contributed by atoms with Crippen molar-refractivity contribution in [2.75, 3.05) is 5.32 Å². The van der Waals surface area contributed by atoms with Crippen molar-refractivity contribution in [3.8, 4) is 10.6 Å². The first kappa shape index (κ1) is 14.1. The van der Waals surface area contributed by atoms with E-state index in [-0.39, 0.29) is 11.7 Å². The number of hydrogen-bond acceptors (Lipinski definition) is 5. The highest BCUT2D eigenvalue weighted by atomic mass is 35.5. The lowest BCUT2D eigenvalue weighted by Gasteiger charge is -1.98. The molecule has 1 aromatic carbocycles. The minimum atomic E-state index is -0.378. The van der Waals surface area contributed by atoms with Gasteiger partial charge in [-0.25, -0.2) is 0 Å². The number of halogens is 2. The Morgan fingerprint density at radius 1 is 1.19 bits per heavy atom. The lowest BCUT2D eigenvalue weighted by atomic mass is 10.2. The predicted molar refractivity (Wildman–Crippen MR) is 82.0 cm³/mol. The summed E-state index contributed by atoms with van der Waals surface area (Å²) in [7, 11) is 0. The van der Waals surface area contributed by atoms with Crippen molar-refractivity contribution in [1.29, 1.82) is 0 Å². The molecule has 5 nitrogen and oxygen atoms in total. The largest absolute Gasteiger partial charge is 0.459 e. The zero-order valence-corrected chi connectivity index (χ0v) is 12.7. The van der Waals surface area contributed by atoms with Crippen LogP contribution in [-0.2, 0) is 0 Å². The molecular weight excluding hydrogens is 333 g/mol. The highest BCUT2D eigenvalue weighted by Crippen LogP contribution is 2.31. The summed E-state index contributed by atoms with van der Waals surface area (Å²) >= 11 is 13.1. The number of anilines is 1. The summed E-state index contributed by atoms with van der Waals surface area (Å²) < 4.78 is 5.00. The fraction of sp³-hybridized carbons (Fsp3) is 0. The highest BCUT2D eigenvalue weighted by molar-refractivity contribution is 7.18. The van der Waals surface area contributed by atoms with Gasteiger partial charge in [-0.15, -0.1) is 10.2 Å². The molecule has 8 heteroatoms. The van der Waals surface area contributed by atoms with Crippen molar-refractivity contribution in [2.45, 2.75) is 0 Å². The van der Waals surface area contributed by atoms with Gasteiger partial charge in [0.25, 0.3) is 5.91 Å². The summed E-state index contributed by atoms with van der Waals surface area (Å²) in [6.45, 7) is 0. The van der Waals surface area contributed by atoms with E-state index in [1.807, 2.05) is 0 Å². The Kier molecular flexibility index (Phi) is 3.92. The molecule has 0 fully saturated rings. The van der Waals surface area contributed by atoms with Gasteiger partial charge in [0.1, 0.15) is 5.01 Å². The molecule has 21 heavy (non-hydrogen) atoms. The van der Waals surface area contributed by atoms with Crippen molar-refractivity contribution in [3.05, 3.63) is 52.4 Å². The molecule has 106 valence electrons. The Morgan fingerprint density at radius 2 is 2.05 bits per heavy atom. The van der Waals surface area contributed by atoms with Crippen molar-refractivity contribution >= 4 is 45.6 Å². The Hall–Kier alpha value is -1.89. The highest BCUT2D eigenvalue weighted by Gasteiger charge is 2.13. The van der Waals surface area contributed by atoms with E-state index in [1.54, 1.807) is 30.3 Å². The quantitative estimate of drug-likeness (QED) is 0.769. The predicted octanol–water partition coefficient (Wildman–Crippen LogP) is 4.36. The van der Waals surface area contributed by atoms with Crippen LogP contribution in [0.3, 0.4) is 0 Å². The van der Waals surface area contributed by atoms with E-state index in [9.17, 15) is 4.79 Å². The van der Waals surface area contributed by atoms with Crippen LogP contribution in [0.4, 0.5) is 5.13 Å². The number of rotatable bonds is 3. The molecule has 0 saturated carbocycles. The molecule has 1 amide bonds. The van der Waals surface area contributed by atoms with Crippen LogP contribution in [0.25, 0.3) is 10.6 Å². The minimum Gasteiger partial charge on any atom is -0.459 e. The Balaban J connectivity index is 1.80. The zero-order valence-electron chi connectivity index (χ0n) is 10.3.